The molecule has 0 bridgehead atoms. The quantitative estimate of drug-likeness (QED) is 0.124. The number of nitrogens with one attached hydrogen (secondary N) is 2. The molecule has 2 aromatic heterocycles. The number of methoxy groups -OCH3 is 1. The monoisotopic (exact) mass is 627 g/mol. The SMILES string of the molecule is C=CC(=O)Nc1cc(Nc2ncc(C(=O)OC(C)C)c(-c3cn(COC)c4ccccc34)n2)c(C(C)C)cc1N(C)CCN(C)C. The Hall–Kier alpha value is -4.74. The molecule has 0 fully saturated rings. The van der Waals surface area contributed by atoms with Gasteiger partial charge in [0.05, 0.1) is 28.7 Å². The number of benzene rings is 2. The standard InChI is InChI=1S/C35H45N7O4/c1-10-32(43)37-29-18-28(25(22(2)3)17-31(29)41(8)16-15-40(6)7)38-35-36-19-26(34(44)46-23(4)5)33(39-35)27-20-42(21-45-9)30-14-12-11-13-24(27)30/h10-14,17-20,22-23H,1,15-16,21H2,2-9H3,(H,37,43)(H,36,38,39). The summed E-state index contributed by atoms with van der Waals surface area (Å²) in [5.41, 5.74) is 5.60. The second kappa shape index (κ2) is 15.0. The lowest BCUT2D eigenvalue weighted by Crippen LogP contribution is -2.29. The van der Waals surface area contributed by atoms with E-state index >= 15 is 0 Å². The lowest BCUT2D eigenvalue weighted by Gasteiger charge is -2.27. The highest BCUT2D eigenvalue weighted by Gasteiger charge is 2.23. The van der Waals surface area contributed by atoms with Crippen molar-refractivity contribution in [2.24, 2.45) is 0 Å². The summed E-state index contributed by atoms with van der Waals surface area (Å²) in [6, 6.07) is 11.9. The molecule has 4 aromatic rings. The molecule has 244 valence electrons. The van der Waals surface area contributed by atoms with Crippen molar-refractivity contribution in [2.45, 2.75) is 46.4 Å². The molecule has 0 saturated heterocycles. The number of aromatic nitrogens is 3. The minimum absolute atomic E-state index is 0.124. The number of amides is 1. The van der Waals surface area contributed by atoms with E-state index in [4.69, 9.17) is 14.5 Å². The number of nitrogens with zero attached hydrogens (tertiary/aromatic N) is 5. The summed E-state index contributed by atoms with van der Waals surface area (Å²) in [7, 11) is 7.69. The third-order valence-corrected chi connectivity index (χ3v) is 7.44. The van der Waals surface area contributed by atoms with Gasteiger partial charge in [0.1, 0.15) is 12.3 Å². The van der Waals surface area contributed by atoms with Crippen molar-refractivity contribution in [3.8, 4) is 11.3 Å². The number of para-hydroxylation sites is 1. The van der Waals surface area contributed by atoms with Gasteiger partial charge < -0.3 is 34.5 Å². The van der Waals surface area contributed by atoms with Crippen molar-refractivity contribution >= 4 is 45.8 Å². The van der Waals surface area contributed by atoms with Crippen LogP contribution in [0.4, 0.5) is 23.0 Å². The molecule has 2 aromatic carbocycles. The minimum atomic E-state index is -0.512. The van der Waals surface area contributed by atoms with E-state index in [0.717, 1.165) is 46.5 Å². The molecule has 46 heavy (non-hydrogen) atoms. The molecule has 0 aliphatic rings. The van der Waals surface area contributed by atoms with Crippen LogP contribution in [-0.4, -0.2) is 78.8 Å². The van der Waals surface area contributed by atoms with Crippen LogP contribution in [0.25, 0.3) is 22.2 Å². The third kappa shape index (κ3) is 7.91. The number of ether oxygens (including phenoxy) is 2. The van der Waals surface area contributed by atoms with Crippen LogP contribution in [0.3, 0.4) is 0 Å². The summed E-state index contributed by atoms with van der Waals surface area (Å²) in [5.74, 6) is -0.414. The lowest BCUT2D eigenvalue weighted by atomic mass is 9.98. The Kier molecular flexibility index (Phi) is 11.2. The normalized spacial score (nSPS) is 11.4. The first kappa shape index (κ1) is 34.1. The molecule has 0 spiro atoms. The van der Waals surface area contributed by atoms with Gasteiger partial charge in [0.2, 0.25) is 11.9 Å². The number of hydrogen-bond donors (Lipinski definition) is 2. The molecule has 0 unspecified atom stereocenters. The highest BCUT2D eigenvalue weighted by Crippen LogP contribution is 2.38. The second-order valence-electron chi connectivity index (χ2n) is 12.0. The summed E-state index contributed by atoms with van der Waals surface area (Å²) in [4.78, 5) is 39.5. The summed E-state index contributed by atoms with van der Waals surface area (Å²) in [6.45, 7) is 13.4. The second-order valence-corrected chi connectivity index (χ2v) is 12.0. The van der Waals surface area contributed by atoms with Gasteiger partial charge in [-0.1, -0.05) is 38.6 Å². The Labute approximate surface area is 271 Å². The maximum Gasteiger partial charge on any atom is 0.342 e. The molecular formula is C35H45N7O4. The third-order valence-electron chi connectivity index (χ3n) is 7.44. The topological polar surface area (TPSA) is 114 Å². The molecule has 11 nitrogen and oxygen atoms in total. The Morgan fingerprint density at radius 2 is 1.80 bits per heavy atom. The van der Waals surface area contributed by atoms with Crippen molar-refractivity contribution in [1.82, 2.24) is 19.4 Å². The number of rotatable bonds is 14. The molecule has 2 N–H and O–H groups in total. The molecule has 0 aliphatic carbocycles. The number of esters is 1. The van der Waals surface area contributed by atoms with Crippen LogP contribution in [0.15, 0.2) is 61.4 Å². The van der Waals surface area contributed by atoms with Crippen LogP contribution in [0.1, 0.15) is 49.5 Å². The molecule has 0 radical (unpaired) electrons. The number of anilines is 4. The lowest BCUT2D eigenvalue weighted by molar-refractivity contribution is -0.111. The number of fused-ring (bicyclic) bond motifs is 1. The highest BCUT2D eigenvalue weighted by atomic mass is 16.5. The number of likely N-dealkylation sites (N-methyl/N-ethyl adjacent to an activating group) is 2. The van der Waals surface area contributed by atoms with Gasteiger partial charge in [0.25, 0.3) is 0 Å². The van der Waals surface area contributed by atoms with Crippen molar-refractivity contribution in [1.29, 1.82) is 0 Å². The highest BCUT2D eigenvalue weighted by molar-refractivity contribution is 6.03. The predicted molar refractivity (Wildman–Crippen MR) is 185 cm³/mol. The first-order chi connectivity index (χ1) is 21.9. The van der Waals surface area contributed by atoms with Gasteiger partial charge in [-0.05, 0) is 63.7 Å². The van der Waals surface area contributed by atoms with Crippen molar-refractivity contribution in [2.75, 3.05) is 56.9 Å². The molecular weight excluding hydrogens is 582 g/mol. The fourth-order valence-electron chi connectivity index (χ4n) is 5.14. The van der Waals surface area contributed by atoms with Crippen molar-refractivity contribution in [3.63, 3.8) is 0 Å². The Morgan fingerprint density at radius 3 is 2.46 bits per heavy atom. The van der Waals surface area contributed by atoms with Crippen LogP contribution >= 0.6 is 0 Å². The molecule has 0 atom stereocenters. The Balaban J connectivity index is 1.87. The van der Waals surface area contributed by atoms with Gasteiger partial charge in [0, 0.05) is 56.3 Å². The first-order valence-corrected chi connectivity index (χ1v) is 15.3. The maximum atomic E-state index is 13.3. The van der Waals surface area contributed by atoms with Gasteiger partial charge in [0.15, 0.2) is 0 Å². The number of carbonyl (C=O) groups excluding carboxylic acids is 2. The summed E-state index contributed by atoms with van der Waals surface area (Å²) in [6.07, 6.45) is 4.35. The van der Waals surface area contributed by atoms with E-state index < -0.39 is 5.97 Å². The number of hydrogen-bond acceptors (Lipinski definition) is 9. The predicted octanol–water partition coefficient (Wildman–Crippen LogP) is 6.26. The zero-order valence-corrected chi connectivity index (χ0v) is 28.0. The van der Waals surface area contributed by atoms with Gasteiger partial charge in [-0.25, -0.2) is 14.8 Å². The average Bonchev–Trinajstić information content (AvgIpc) is 3.37. The summed E-state index contributed by atoms with van der Waals surface area (Å²) >= 11 is 0. The molecule has 11 heteroatoms. The zero-order chi connectivity index (χ0) is 33.5. The van der Waals surface area contributed by atoms with E-state index in [1.54, 1.807) is 21.0 Å². The van der Waals surface area contributed by atoms with Crippen LogP contribution in [0, 0.1) is 0 Å². The summed E-state index contributed by atoms with van der Waals surface area (Å²) < 4.78 is 13.0. The zero-order valence-electron chi connectivity index (χ0n) is 28.0. The average molecular weight is 628 g/mol. The molecule has 1 amide bonds. The molecule has 2 heterocycles. The van der Waals surface area contributed by atoms with E-state index in [-0.39, 0.29) is 29.4 Å². The van der Waals surface area contributed by atoms with Gasteiger partial charge in [-0.3, -0.25) is 4.79 Å². The first-order valence-electron chi connectivity index (χ1n) is 15.3. The Morgan fingerprint density at radius 1 is 1.07 bits per heavy atom. The fourth-order valence-corrected chi connectivity index (χ4v) is 5.14. The summed E-state index contributed by atoms with van der Waals surface area (Å²) in [5, 5.41) is 7.26. The van der Waals surface area contributed by atoms with E-state index in [1.165, 1.54) is 12.3 Å². The van der Waals surface area contributed by atoms with Crippen LogP contribution < -0.4 is 15.5 Å². The van der Waals surface area contributed by atoms with E-state index in [9.17, 15) is 9.59 Å². The van der Waals surface area contributed by atoms with Crippen LogP contribution in [0.2, 0.25) is 0 Å². The Bertz CT molecular complexity index is 1710. The van der Waals surface area contributed by atoms with Gasteiger partial charge in [-0.15, -0.1) is 0 Å². The van der Waals surface area contributed by atoms with Crippen molar-refractivity contribution < 1.29 is 19.1 Å². The van der Waals surface area contributed by atoms with Gasteiger partial charge in [-0.2, -0.15) is 0 Å². The van der Waals surface area contributed by atoms with E-state index in [0.29, 0.717) is 18.1 Å². The minimum Gasteiger partial charge on any atom is -0.459 e. The fraction of sp³-hybridized carbons (Fsp3) is 0.371. The molecule has 0 saturated carbocycles. The van der Waals surface area contributed by atoms with Crippen LogP contribution in [-0.2, 0) is 21.0 Å². The maximum absolute atomic E-state index is 13.3. The number of carbonyl (C=O) groups is 2. The van der Waals surface area contributed by atoms with Gasteiger partial charge >= 0.3 is 5.97 Å². The smallest absolute Gasteiger partial charge is 0.342 e. The van der Waals surface area contributed by atoms with E-state index in [1.807, 2.05) is 62.2 Å². The molecule has 0 aliphatic heterocycles. The van der Waals surface area contributed by atoms with Crippen LogP contribution in [0.5, 0.6) is 0 Å². The van der Waals surface area contributed by atoms with Crippen molar-refractivity contribution in [3.05, 3.63) is 72.6 Å². The molecule has 4 rings (SSSR count). The van der Waals surface area contributed by atoms with E-state index in [2.05, 4.69) is 51.9 Å². The largest absolute Gasteiger partial charge is 0.459 e.